The van der Waals surface area contributed by atoms with Crippen LogP contribution >= 0.6 is 0 Å². The second-order valence-electron chi connectivity index (χ2n) is 7.52. The largest absolute Gasteiger partial charge is 0.352 e. The number of hydrogen-bond acceptors (Lipinski definition) is 3. The normalized spacial score (nSPS) is 11.5. The number of benzene rings is 3. The average Bonchev–Trinajstić information content (AvgIpc) is 3.24. The van der Waals surface area contributed by atoms with Crippen LogP contribution in [0, 0.1) is 0 Å². The summed E-state index contributed by atoms with van der Waals surface area (Å²) in [6.07, 6.45) is 2.81. The lowest BCUT2D eigenvalue weighted by atomic mass is 10.2. The number of carbonyl (C=O) groups excluding carboxylic acids is 1. The molecule has 0 spiro atoms. The third-order valence-electron chi connectivity index (χ3n) is 5.26. The van der Waals surface area contributed by atoms with E-state index in [-0.39, 0.29) is 17.3 Å². The Morgan fingerprint density at radius 2 is 1.66 bits per heavy atom. The van der Waals surface area contributed by atoms with E-state index in [2.05, 4.69) is 32.8 Å². The van der Waals surface area contributed by atoms with Crippen LogP contribution in [0.5, 0.6) is 0 Å². The van der Waals surface area contributed by atoms with Crippen LogP contribution in [0.25, 0.3) is 10.9 Å². The minimum Gasteiger partial charge on any atom is -0.352 e. The first-order chi connectivity index (χ1) is 15.5. The number of para-hydroxylation sites is 1. The number of amides is 1. The second kappa shape index (κ2) is 9.80. The van der Waals surface area contributed by atoms with Crippen molar-refractivity contribution >= 4 is 26.8 Å². The summed E-state index contributed by atoms with van der Waals surface area (Å²) in [6.45, 7) is 1.47. The molecule has 32 heavy (non-hydrogen) atoms. The Kier molecular flexibility index (Phi) is 6.68. The zero-order valence-electron chi connectivity index (χ0n) is 17.6. The van der Waals surface area contributed by atoms with Crippen molar-refractivity contribution in [3.63, 3.8) is 0 Å². The molecule has 0 aliphatic carbocycles. The molecule has 0 aliphatic heterocycles. The molecule has 3 aromatic carbocycles. The van der Waals surface area contributed by atoms with Gasteiger partial charge in [-0.05, 0) is 47.7 Å². The van der Waals surface area contributed by atoms with Crippen molar-refractivity contribution in [3.8, 4) is 0 Å². The molecule has 6 nitrogen and oxygen atoms in total. The minimum absolute atomic E-state index is 0.0693. The SMILES string of the molecule is O=C(NCCCn1ccc2ccccc21)c1cccc(S(=O)(=O)NCc2ccccc2)c1. The van der Waals surface area contributed by atoms with Crippen molar-refractivity contribution in [1.29, 1.82) is 0 Å². The average molecular weight is 448 g/mol. The fraction of sp³-hybridized carbons (Fsp3) is 0.160. The maximum Gasteiger partial charge on any atom is 0.251 e. The van der Waals surface area contributed by atoms with Gasteiger partial charge in [0.15, 0.2) is 0 Å². The standard InChI is InChI=1S/C25H25N3O3S/c29-25(26-15-7-16-28-17-14-21-10-4-5-13-24(21)28)22-11-6-12-23(18-22)32(30,31)27-19-20-8-2-1-3-9-20/h1-6,8-14,17-18,27H,7,15-16,19H2,(H,26,29). The second-order valence-corrected chi connectivity index (χ2v) is 9.28. The van der Waals surface area contributed by atoms with Gasteiger partial charge in [-0.15, -0.1) is 0 Å². The van der Waals surface area contributed by atoms with E-state index in [1.165, 1.54) is 23.0 Å². The molecular weight excluding hydrogens is 422 g/mol. The molecule has 4 aromatic rings. The highest BCUT2D eigenvalue weighted by atomic mass is 32.2. The van der Waals surface area contributed by atoms with E-state index in [0.717, 1.165) is 18.5 Å². The number of carbonyl (C=O) groups is 1. The highest BCUT2D eigenvalue weighted by Gasteiger charge is 2.16. The van der Waals surface area contributed by atoms with Crippen molar-refractivity contribution in [3.05, 3.63) is 102 Å². The lowest BCUT2D eigenvalue weighted by Crippen LogP contribution is -2.26. The molecule has 0 saturated heterocycles. The molecule has 4 rings (SSSR count). The molecule has 2 N–H and O–H groups in total. The summed E-state index contributed by atoms with van der Waals surface area (Å²) in [4.78, 5) is 12.6. The van der Waals surface area contributed by atoms with E-state index in [1.807, 2.05) is 48.7 Å². The monoisotopic (exact) mass is 447 g/mol. The first-order valence-corrected chi connectivity index (χ1v) is 12.0. The summed E-state index contributed by atoms with van der Waals surface area (Å²) in [7, 11) is -3.72. The van der Waals surface area contributed by atoms with Gasteiger partial charge in [-0.1, -0.05) is 54.6 Å². The summed E-state index contributed by atoms with van der Waals surface area (Å²) < 4.78 is 30.0. The van der Waals surface area contributed by atoms with Crippen molar-refractivity contribution in [2.24, 2.45) is 0 Å². The van der Waals surface area contributed by atoms with E-state index in [4.69, 9.17) is 0 Å². The highest BCUT2D eigenvalue weighted by Crippen LogP contribution is 2.15. The third kappa shape index (κ3) is 5.25. The van der Waals surface area contributed by atoms with Crippen molar-refractivity contribution < 1.29 is 13.2 Å². The van der Waals surface area contributed by atoms with Crippen LogP contribution in [0.15, 0.2) is 96.0 Å². The van der Waals surface area contributed by atoms with E-state index >= 15 is 0 Å². The molecule has 0 aliphatic rings. The van der Waals surface area contributed by atoms with Crippen molar-refractivity contribution in [2.45, 2.75) is 24.4 Å². The van der Waals surface area contributed by atoms with Gasteiger partial charge in [-0.3, -0.25) is 4.79 Å². The predicted molar refractivity (Wildman–Crippen MR) is 126 cm³/mol. The van der Waals surface area contributed by atoms with Gasteiger partial charge in [-0.25, -0.2) is 13.1 Å². The van der Waals surface area contributed by atoms with Crippen LogP contribution in [0.3, 0.4) is 0 Å². The summed E-state index contributed by atoms with van der Waals surface area (Å²) in [5.41, 5.74) is 2.35. The summed E-state index contributed by atoms with van der Waals surface area (Å²) in [5.74, 6) is -0.289. The Bertz CT molecular complexity index is 1310. The van der Waals surface area contributed by atoms with E-state index < -0.39 is 10.0 Å². The fourth-order valence-electron chi connectivity index (χ4n) is 3.55. The Morgan fingerprint density at radius 3 is 2.50 bits per heavy atom. The molecular formula is C25H25N3O3S. The Labute approximate surface area is 187 Å². The van der Waals surface area contributed by atoms with Gasteiger partial charge < -0.3 is 9.88 Å². The zero-order chi connectivity index (χ0) is 22.4. The van der Waals surface area contributed by atoms with Gasteiger partial charge in [0, 0.05) is 36.9 Å². The Morgan fingerprint density at radius 1 is 0.875 bits per heavy atom. The van der Waals surface area contributed by atoms with Gasteiger partial charge in [-0.2, -0.15) is 0 Å². The first kappa shape index (κ1) is 21.8. The zero-order valence-corrected chi connectivity index (χ0v) is 18.4. The molecule has 0 fully saturated rings. The summed E-state index contributed by atoms with van der Waals surface area (Å²) in [5, 5.41) is 4.07. The fourth-order valence-corrected chi connectivity index (χ4v) is 4.61. The molecule has 164 valence electrons. The molecule has 7 heteroatoms. The van der Waals surface area contributed by atoms with Gasteiger partial charge in [0.25, 0.3) is 5.91 Å². The molecule has 0 atom stereocenters. The molecule has 1 amide bonds. The minimum atomic E-state index is -3.72. The van der Waals surface area contributed by atoms with Gasteiger partial charge in [0.2, 0.25) is 10.0 Å². The Balaban J connectivity index is 1.32. The molecule has 0 radical (unpaired) electrons. The number of aryl methyl sites for hydroxylation is 1. The van der Waals surface area contributed by atoms with Gasteiger partial charge in [0.1, 0.15) is 0 Å². The molecule has 0 saturated carbocycles. The highest BCUT2D eigenvalue weighted by molar-refractivity contribution is 7.89. The molecule has 1 heterocycles. The van der Waals surface area contributed by atoms with Crippen LogP contribution in [0.1, 0.15) is 22.3 Å². The number of nitrogens with zero attached hydrogens (tertiary/aromatic N) is 1. The molecule has 0 bridgehead atoms. The van der Waals surface area contributed by atoms with E-state index in [1.54, 1.807) is 12.1 Å². The summed E-state index contributed by atoms with van der Waals surface area (Å²) in [6, 6.07) is 25.6. The van der Waals surface area contributed by atoms with Crippen molar-refractivity contribution in [1.82, 2.24) is 14.6 Å². The van der Waals surface area contributed by atoms with E-state index in [0.29, 0.717) is 12.1 Å². The lowest BCUT2D eigenvalue weighted by molar-refractivity contribution is 0.0952. The third-order valence-corrected chi connectivity index (χ3v) is 6.66. The maximum atomic E-state index is 12.6. The topological polar surface area (TPSA) is 80.2 Å². The van der Waals surface area contributed by atoms with E-state index in [9.17, 15) is 13.2 Å². The van der Waals surface area contributed by atoms with Gasteiger partial charge >= 0.3 is 0 Å². The first-order valence-electron chi connectivity index (χ1n) is 10.5. The lowest BCUT2D eigenvalue weighted by Gasteiger charge is -2.10. The Hall–Kier alpha value is -3.42. The number of hydrogen-bond donors (Lipinski definition) is 2. The maximum absolute atomic E-state index is 12.6. The van der Waals surface area contributed by atoms with Crippen LogP contribution in [0.2, 0.25) is 0 Å². The number of sulfonamides is 1. The molecule has 1 aromatic heterocycles. The van der Waals surface area contributed by atoms with Crippen LogP contribution < -0.4 is 10.0 Å². The molecule has 0 unspecified atom stereocenters. The quantitative estimate of drug-likeness (QED) is 0.382. The van der Waals surface area contributed by atoms with Crippen LogP contribution in [-0.4, -0.2) is 25.4 Å². The van der Waals surface area contributed by atoms with Crippen molar-refractivity contribution in [2.75, 3.05) is 6.54 Å². The van der Waals surface area contributed by atoms with Crippen LogP contribution in [0.4, 0.5) is 0 Å². The van der Waals surface area contributed by atoms with Crippen LogP contribution in [-0.2, 0) is 23.1 Å². The van der Waals surface area contributed by atoms with Gasteiger partial charge in [0.05, 0.1) is 4.90 Å². The number of fused-ring (bicyclic) bond motifs is 1. The number of aromatic nitrogens is 1. The number of nitrogens with one attached hydrogen (secondary N) is 2. The smallest absolute Gasteiger partial charge is 0.251 e. The predicted octanol–water partition coefficient (Wildman–Crippen LogP) is 3.94. The number of rotatable bonds is 9. The summed E-state index contributed by atoms with van der Waals surface area (Å²) >= 11 is 0.